The minimum atomic E-state index is -0.582. The van der Waals surface area contributed by atoms with Gasteiger partial charge < -0.3 is 10.6 Å². The Kier molecular flexibility index (Phi) is 5.69. The average molecular weight is 301 g/mol. The van der Waals surface area contributed by atoms with E-state index in [0.29, 0.717) is 12.5 Å². The van der Waals surface area contributed by atoms with Gasteiger partial charge in [0.05, 0.1) is 9.95 Å². The largest absolute Gasteiger partial charge is 0.357 e. The molecular formula is C12H17ClN4O3. The molecule has 1 aromatic heterocycles. The Morgan fingerprint density at radius 3 is 2.65 bits per heavy atom. The van der Waals surface area contributed by atoms with Crippen molar-refractivity contribution in [3.8, 4) is 0 Å². The van der Waals surface area contributed by atoms with Crippen molar-refractivity contribution in [2.24, 2.45) is 5.92 Å². The van der Waals surface area contributed by atoms with Crippen LogP contribution in [0, 0.1) is 16.0 Å². The number of hydrogen-bond acceptors (Lipinski definition) is 5. The van der Waals surface area contributed by atoms with E-state index in [9.17, 15) is 14.9 Å². The minimum absolute atomic E-state index is 0.0997. The predicted octanol–water partition coefficient (Wildman–Crippen LogP) is 2.22. The van der Waals surface area contributed by atoms with E-state index in [1.54, 1.807) is 6.92 Å². The number of nitrogens with one attached hydrogen (secondary N) is 2. The lowest BCUT2D eigenvalue weighted by molar-refractivity contribution is -0.385. The molecule has 1 unspecified atom stereocenters. The summed E-state index contributed by atoms with van der Waals surface area (Å²) >= 11 is 5.89. The van der Waals surface area contributed by atoms with Gasteiger partial charge in [-0.05, 0) is 12.8 Å². The summed E-state index contributed by atoms with van der Waals surface area (Å²) in [4.78, 5) is 25.6. The molecule has 1 atom stereocenters. The van der Waals surface area contributed by atoms with Crippen molar-refractivity contribution >= 4 is 29.0 Å². The van der Waals surface area contributed by atoms with Crippen molar-refractivity contribution in [2.45, 2.75) is 26.8 Å². The van der Waals surface area contributed by atoms with E-state index >= 15 is 0 Å². The summed E-state index contributed by atoms with van der Waals surface area (Å²) in [6.07, 6.45) is 1.09. The Balaban J connectivity index is 2.68. The Labute approximate surface area is 121 Å². The fraction of sp³-hybridized carbons (Fsp3) is 0.500. The van der Waals surface area contributed by atoms with Crippen LogP contribution in [0.1, 0.15) is 20.8 Å². The average Bonchev–Trinajstić information content (AvgIpc) is 2.37. The molecule has 1 heterocycles. The van der Waals surface area contributed by atoms with Crippen LogP contribution < -0.4 is 10.6 Å². The number of halogens is 1. The van der Waals surface area contributed by atoms with Crippen molar-refractivity contribution < 1.29 is 9.72 Å². The highest BCUT2D eigenvalue weighted by Gasteiger charge is 2.16. The zero-order chi connectivity index (χ0) is 15.3. The normalized spacial score (nSPS) is 12.1. The molecule has 7 nitrogen and oxygen atoms in total. The first-order valence-corrected chi connectivity index (χ1v) is 6.53. The Morgan fingerprint density at radius 1 is 1.50 bits per heavy atom. The Morgan fingerprint density at radius 2 is 2.15 bits per heavy atom. The maximum atomic E-state index is 11.8. The van der Waals surface area contributed by atoms with Gasteiger partial charge in [-0.1, -0.05) is 25.4 Å². The SMILES string of the molecule is CC(C)CNC(=O)C(C)Nc1ncc([N+](=O)[O-])cc1Cl. The van der Waals surface area contributed by atoms with E-state index in [0.717, 1.165) is 6.20 Å². The highest BCUT2D eigenvalue weighted by Crippen LogP contribution is 2.24. The number of carbonyl (C=O) groups is 1. The van der Waals surface area contributed by atoms with Crippen molar-refractivity contribution in [1.82, 2.24) is 10.3 Å². The maximum Gasteiger partial charge on any atom is 0.289 e. The van der Waals surface area contributed by atoms with Crippen LogP contribution in [0.4, 0.5) is 11.5 Å². The topological polar surface area (TPSA) is 97.2 Å². The summed E-state index contributed by atoms with van der Waals surface area (Å²) in [7, 11) is 0. The lowest BCUT2D eigenvalue weighted by atomic mass is 10.2. The second-order valence-electron chi connectivity index (χ2n) is 4.79. The van der Waals surface area contributed by atoms with E-state index in [4.69, 9.17) is 11.6 Å². The predicted molar refractivity (Wildman–Crippen MR) is 76.8 cm³/mol. The van der Waals surface area contributed by atoms with E-state index in [2.05, 4.69) is 15.6 Å². The van der Waals surface area contributed by atoms with Gasteiger partial charge in [0.25, 0.3) is 5.69 Å². The van der Waals surface area contributed by atoms with E-state index in [-0.39, 0.29) is 22.4 Å². The van der Waals surface area contributed by atoms with Gasteiger partial charge in [-0.25, -0.2) is 4.98 Å². The van der Waals surface area contributed by atoms with Gasteiger partial charge >= 0.3 is 0 Å². The van der Waals surface area contributed by atoms with Gasteiger partial charge in [0, 0.05) is 12.6 Å². The lowest BCUT2D eigenvalue weighted by Crippen LogP contribution is -2.39. The molecule has 0 bridgehead atoms. The molecule has 8 heteroatoms. The molecule has 0 saturated carbocycles. The van der Waals surface area contributed by atoms with Gasteiger partial charge in [-0.15, -0.1) is 0 Å². The van der Waals surface area contributed by atoms with Gasteiger partial charge in [0.2, 0.25) is 5.91 Å². The third-order valence-electron chi connectivity index (χ3n) is 2.47. The number of carbonyl (C=O) groups excluding carboxylic acids is 1. The second kappa shape index (κ2) is 7.04. The molecule has 110 valence electrons. The standard InChI is InChI=1S/C12H17ClN4O3/c1-7(2)5-15-12(18)8(3)16-11-10(13)4-9(6-14-11)17(19)20/h4,6-8H,5H2,1-3H3,(H,14,16)(H,15,18). The van der Waals surface area contributed by atoms with Gasteiger partial charge in [0.15, 0.2) is 0 Å². The molecule has 1 rings (SSSR count). The highest BCUT2D eigenvalue weighted by molar-refractivity contribution is 6.33. The molecule has 0 saturated heterocycles. The minimum Gasteiger partial charge on any atom is -0.357 e. The third-order valence-corrected chi connectivity index (χ3v) is 2.76. The first-order chi connectivity index (χ1) is 9.31. The van der Waals surface area contributed by atoms with Gasteiger partial charge in [-0.3, -0.25) is 14.9 Å². The van der Waals surface area contributed by atoms with Gasteiger partial charge in [0.1, 0.15) is 18.1 Å². The number of nitrogens with zero attached hydrogens (tertiary/aromatic N) is 2. The van der Waals surface area contributed by atoms with Crippen molar-refractivity contribution in [1.29, 1.82) is 0 Å². The lowest BCUT2D eigenvalue weighted by Gasteiger charge is -2.16. The van der Waals surface area contributed by atoms with Crippen molar-refractivity contribution in [3.63, 3.8) is 0 Å². The number of aromatic nitrogens is 1. The van der Waals surface area contributed by atoms with Crippen LogP contribution in [0.5, 0.6) is 0 Å². The summed E-state index contributed by atoms with van der Waals surface area (Å²) in [6.45, 7) is 6.22. The molecular weight excluding hydrogens is 284 g/mol. The first-order valence-electron chi connectivity index (χ1n) is 6.15. The quantitative estimate of drug-likeness (QED) is 0.620. The van der Waals surface area contributed by atoms with Crippen LogP contribution in [-0.2, 0) is 4.79 Å². The smallest absolute Gasteiger partial charge is 0.289 e. The van der Waals surface area contributed by atoms with Crippen LogP contribution in [-0.4, -0.2) is 28.4 Å². The number of pyridine rings is 1. The number of rotatable bonds is 6. The fourth-order valence-electron chi connectivity index (χ4n) is 1.36. The number of hydrogen-bond donors (Lipinski definition) is 2. The molecule has 2 N–H and O–H groups in total. The number of anilines is 1. The van der Waals surface area contributed by atoms with Crippen molar-refractivity contribution in [2.75, 3.05) is 11.9 Å². The van der Waals surface area contributed by atoms with E-state index in [1.165, 1.54) is 6.07 Å². The van der Waals surface area contributed by atoms with E-state index in [1.807, 2.05) is 13.8 Å². The first kappa shape index (κ1) is 16.2. The summed E-state index contributed by atoms with van der Waals surface area (Å²) < 4.78 is 0. The molecule has 0 fully saturated rings. The van der Waals surface area contributed by atoms with Crippen molar-refractivity contribution in [3.05, 3.63) is 27.4 Å². The zero-order valence-corrected chi connectivity index (χ0v) is 12.3. The number of amides is 1. The molecule has 20 heavy (non-hydrogen) atoms. The summed E-state index contributed by atoms with van der Waals surface area (Å²) in [5.74, 6) is 0.409. The monoisotopic (exact) mass is 300 g/mol. The van der Waals surface area contributed by atoms with Crippen LogP contribution in [0.3, 0.4) is 0 Å². The molecule has 0 aliphatic carbocycles. The molecule has 0 aliphatic rings. The Hall–Kier alpha value is -1.89. The fourth-order valence-corrected chi connectivity index (χ4v) is 1.58. The molecule has 0 spiro atoms. The molecule has 1 amide bonds. The molecule has 1 aromatic rings. The highest BCUT2D eigenvalue weighted by atomic mass is 35.5. The molecule has 0 aliphatic heterocycles. The second-order valence-corrected chi connectivity index (χ2v) is 5.19. The van der Waals surface area contributed by atoms with Gasteiger partial charge in [-0.2, -0.15) is 0 Å². The molecule has 0 radical (unpaired) electrons. The van der Waals surface area contributed by atoms with Crippen LogP contribution in [0.2, 0.25) is 5.02 Å². The Bertz CT molecular complexity index is 507. The summed E-state index contributed by atoms with van der Waals surface area (Å²) in [5.41, 5.74) is -0.197. The van der Waals surface area contributed by atoms with Crippen LogP contribution >= 0.6 is 11.6 Å². The summed E-state index contributed by atoms with van der Waals surface area (Å²) in [6, 6.07) is 0.649. The third kappa shape index (κ3) is 4.65. The zero-order valence-electron chi connectivity index (χ0n) is 11.5. The molecule has 0 aromatic carbocycles. The van der Waals surface area contributed by atoms with Crippen LogP contribution in [0.25, 0.3) is 0 Å². The summed E-state index contributed by atoms with van der Waals surface area (Å²) in [5, 5.41) is 16.3. The number of nitro groups is 1. The van der Waals surface area contributed by atoms with Crippen LogP contribution in [0.15, 0.2) is 12.3 Å². The van der Waals surface area contributed by atoms with E-state index < -0.39 is 11.0 Å². The maximum absolute atomic E-state index is 11.8.